The van der Waals surface area contributed by atoms with E-state index in [1.165, 1.54) is 0 Å². The lowest BCUT2D eigenvalue weighted by molar-refractivity contribution is 0.0286. The average Bonchev–Trinajstić information content (AvgIpc) is 2.67. The summed E-state index contributed by atoms with van der Waals surface area (Å²) in [5.41, 5.74) is 0.105. The molecule has 5 nitrogen and oxygen atoms in total. The minimum absolute atomic E-state index is 0.105. The first-order chi connectivity index (χ1) is 7.18. The van der Waals surface area contributed by atoms with Gasteiger partial charge in [0.25, 0.3) is 0 Å². The lowest BCUT2D eigenvalue weighted by Crippen LogP contribution is -2.27. The molecule has 0 bridgehead atoms. The van der Waals surface area contributed by atoms with Crippen molar-refractivity contribution in [3.8, 4) is 0 Å². The van der Waals surface area contributed by atoms with Crippen molar-refractivity contribution >= 4 is 5.97 Å². The number of hydrogen-bond donors (Lipinski definition) is 1. The van der Waals surface area contributed by atoms with Crippen LogP contribution in [0.5, 0.6) is 0 Å². The molecule has 1 fully saturated rings. The molecule has 1 saturated heterocycles. The summed E-state index contributed by atoms with van der Waals surface area (Å²) in [4.78, 5) is 14.5. The molecule has 2 atom stereocenters. The van der Waals surface area contributed by atoms with Crippen LogP contribution in [0.15, 0.2) is 12.5 Å². The van der Waals surface area contributed by atoms with E-state index in [0.29, 0.717) is 12.0 Å². The van der Waals surface area contributed by atoms with Crippen LogP contribution in [0.4, 0.5) is 0 Å². The first-order valence-corrected chi connectivity index (χ1v) is 5.03. The second-order valence-corrected chi connectivity index (χ2v) is 3.92. The van der Waals surface area contributed by atoms with Crippen molar-refractivity contribution in [3.05, 3.63) is 18.2 Å². The van der Waals surface area contributed by atoms with Crippen LogP contribution in [0.1, 0.15) is 29.9 Å². The van der Waals surface area contributed by atoms with E-state index in [4.69, 9.17) is 9.84 Å². The summed E-state index contributed by atoms with van der Waals surface area (Å²) >= 11 is 0. The van der Waals surface area contributed by atoms with Crippen LogP contribution in [-0.2, 0) is 4.74 Å². The summed E-state index contributed by atoms with van der Waals surface area (Å²) in [7, 11) is 0. The van der Waals surface area contributed by atoms with Crippen LogP contribution < -0.4 is 0 Å². The largest absolute Gasteiger partial charge is 0.476 e. The predicted molar refractivity (Wildman–Crippen MR) is 52.8 cm³/mol. The van der Waals surface area contributed by atoms with E-state index in [1.807, 2.05) is 4.57 Å². The molecule has 82 valence electrons. The molecule has 0 radical (unpaired) electrons. The molecule has 1 aliphatic rings. The topological polar surface area (TPSA) is 64.4 Å². The molecule has 0 saturated carbocycles. The Balaban J connectivity index is 2.17. The summed E-state index contributed by atoms with van der Waals surface area (Å²) in [5.74, 6) is -0.581. The maximum absolute atomic E-state index is 10.7. The molecule has 2 rings (SSSR count). The molecule has 1 N–H and O–H groups in total. The third kappa shape index (κ3) is 2.02. The van der Waals surface area contributed by atoms with Gasteiger partial charge in [-0.15, -0.1) is 0 Å². The Labute approximate surface area is 87.7 Å². The van der Waals surface area contributed by atoms with E-state index >= 15 is 0 Å². The maximum atomic E-state index is 10.7. The molecule has 5 heteroatoms. The molecule has 15 heavy (non-hydrogen) atoms. The van der Waals surface area contributed by atoms with Crippen LogP contribution in [0.2, 0.25) is 0 Å². The monoisotopic (exact) mass is 210 g/mol. The molecule has 1 aromatic heterocycles. The Morgan fingerprint density at radius 1 is 1.73 bits per heavy atom. The maximum Gasteiger partial charge on any atom is 0.356 e. The fourth-order valence-corrected chi connectivity index (χ4v) is 1.94. The fourth-order valence-electron chi connectivity index (χ4n) is 1.94. The second-order valence-electron chi connectivity index (χ2n) is 3.92. The highest BCUT2D eigenvalue weighted by molar-refractivity contribution is 5.84. The van der Waals surface area contributed by atoms with Gasteiger partial charge >= 0.3 is 5.97 Å². The molecule has 0 spiro atoms. The van der Waals surface area contributed by atoms with Crippen molar-refractivity contribution in [2.75, 3.05) is 13.2 Å². The quantitative estimate of drug-likeness (QED) is 0.796. The number of carbonyl (C=O) groups is 1. The number of ether oxygens (including phenoxy) is 1. The number of hydrogen-bond acceptors (Lipinski definition) is 3. The Bertz CT molecular complexity index is 361. The highest BCUT2D eigenvalue weighted by Crippen LogP contribution is 2.26. The zero-order valence-electron chi connectivity index (χ0n) is 8.59. The molecular weight excluding hydrogens is 196 g/mol. The second kappa shape index (κ2) is 4.02. The van der Waals surface area contributed by atoms with E-state index in [-0.39, 0.29) is 5.69 Å². The van der Waals surface area contributed by atoms with Gasteiger partial charge in [0.05, 0.1) is 12.9 Å². The Kier molecular flexibility index (Phi) is 2.73. The van der Waals surface area contributed by atoms with Crippen LogP contribution in [0.3, 0.4) is 0 Å². The zero-order valence-corrected chi connectivity index (χ0v) is 8.59. The first kappa shape index (κ1) is 10.2. The first-order valence-electron chi connectivity index (χ1n) is 5.03. The van der Waals surface area contributed by atoms with E-state index in [1.54, 1.807) is 12.5 Å². The molecule has 2 heterocycles. The Hall–Kier alpha value is -1.36. The molecule has 0 aliphatic carbocycles. The number of aromatic nitrogens is 2. The lowest BCUT2D eigenvalue weighted by Gasteiger charge is -2.29. The number of nitrogens with zero attached hydrogens (tertiary/aromatic N) is 2. The predicted octanol–water partition coefficient (Wildman–Crippen LogP) is 1.18. The number of imidazole rings is 1. The molecule has 0 aromatic carbocycles. The molecule has 1 aromatic rings. The highest BCUT2D eigenvalue weighted by Gasteiger charge is 2.24. The summed E-state index contributed by atoms with van der Waals surface area (Å²) in [5, 5.41) is 8.76. The normalized spacial score (nSPS) is 26.5. The van der Waals surface area contributed by atoms with Gasteiger partial charge in [-0.3, -0.25) is 0 Å². The summed E-state index contributed by atoms with van der Waals surface area (Å²) in [6.07, 6.45) is 4.10. The molecular formula is C10H14N2O3. The van der Waals surface area contributed by atoms with Gasteiger partial charge in [-0.05, 0) is 6.42 Å². The van der Waals surface area contributed by atoms with E-state index < -0.39 is 5.97 Å². The van der Waals surface area contributed by atoms with E-state index in [2.05, 4.69) is 11.9 Å². The van der Waals surface area contributed by atoms with Crippen LogP contribution in [0, 0.1) is 5.92 Å². The number of rotatable bonds is 2. The van der Waals surface area contributed by atoms with Crippen molar-refractivity contribution in [2.45, 2.75) is 19.4 Å². The van der Waals surface area contributed by atoms with Gasteiger partial charge in [-0.2, -0.15) is 0 Å². The smallest absolute Gasteiger partial charge is 0.356 e. The summed E-state index contributed by atoms with van der Waals surface area (Å²) < 4.78 is 7.22. The SMILES string of the molecule is CC1COCCC1n1cnc(C(=O)O)c1. The van der Waals surface area contributed by atoms with Crippen LogP contribution in [-0.4, -0.2) is 33.8 Å². The molecule has 0 amide bonds. The van der Waals surface area contributed by atoms with Gasteiger partial charge in [0.1, 0.15) is 0 Å². The van der Waals surface area contributed by atoms with Crippen molar-refractivity contribution in [2.24, 2.45) is 5.92 Å². The third-order valence-electron chi connectivity index (χ3n) is 2.80. The van der Waals surface area contributed by atoms with Gasteiger partial charge < -0.3 is 14.4 Å². The number of carboxylic acids is 1. The molecule has 1 aliphatic heterocycles. The van der Waals surface area contributed by atoms with Gasteiger partial charge in [-0.25, -0.2) is 9.78 Å². The lowest BCUT2D eigenvalue weighted by atomic mass is 9.98. The number of aromatic carboxylic acids is 1. The van der Waals surface area contributed by atoms with E-state index in [0.717, 1.165) is 19.6 Å². The van der Waals surface area contributed by atoms with Gasteiger partial charge in [0.15, 0.2) is 5.69 Å². The van der Waals surface area contributed by atoms with E-state index in [9.17, 15) is 4.79 Å². The van der Waals surface area contributed by atoms with Crippen LogP contribution >= 0.6 is 0 Å². The number of carboxylic acid groups (broad SMARTS) is 1. The van der Waals surface area contributed by atoms with Gasteiger partial charge in [-0.1, -0.05) is 6.92 Å². The van der Waals surface area contributed by atoms with Gasteiger partial charge in [0, 0.05) is 24.8 Å². The van der Waals surface area contributed by atoms with Crippen molar-refractivity contribution < 1.29 is 14.6 Å². The van der Waals surface area contributed by atoms with Crippen molar-refractivity contribution in [3.63, 3.8) is 0 Å². The minimum Gasteiger partial charge on any atom is -0.476 e. The highest BCUT2D eigenvalue weighted by atomic mass is 16.5. The minimum atomic E-state index is -0.978. The Morgan fingerprint density at radius 2 is 2.53 bits per heavy atom. The standard InChI is InChI=1S/C10H14N2O3/c1-7-5-15-3-2-9(7)12-4-8(10(13)14)11-6-12/h4,6-7,9H,2-3,5H2,1H3,(H,13,14). The molecule has 2 unspecified atom stereocenters. The van der Waals surface area contributed by atoms with Crippen molar-refractivity contribution in [1.29, 1.82) is 0 Å². The van der Waals surface area contributed by atoms with Gasteiger partial charge in [0.2, 0.25) is 0 Å². The summed E-state index contributed by atoms with van der Waals surface area (Å²) in [6.45, 7) is 3.56. The Morgan fingerprint density at radius 3 is 3.13 bits per heavy atom. The average molecular weight is 210 g/mol. The van der Waals surface area contributed by atoms with Crippen molar-refractivity contribution in [1.82, 2.24) is 9.55 Å². The van der Waals surface area contributed by atoms with Crippen LogP contribution in [0.25, 0.3) is 0 Å². The summed E-state index contributed by atoms with van der Waals surface area (Å²) in [6, 6.07) is 0.305. The third-order valence-corrected chi connectivity index (χ3v) is 2.80. The fraction of sp³-hybridized carbons (Fsp3) is 0.600. The zero-order chi connectivity index (χ0) is 10.8.